The number of carbonyl (C=O) groups excluding carboxylic acids is 2. The van der Waals surface area contributed by atoms with Crippen LogP contribution in [0.2, 0.25) is 0 Å². The van der Waals surface area contributed by atoms with Gasteiger partial charge in [0, 0.05) is 0 Å². The number of para-hydroxylation sites is 2. The summed E-state index contributed by atoms with van der Waals surface area (Å²) in [5.41, 5.74) is 0.516. The van der Waals surface area contributed by atoms with E-state index < -0.39 is 10.5 Å². The normalized spacial score (nSPS) is 10.4. The Bertz CT molecular complexity index is 546. The summed E-state index contributed by atoms with van der Waals surface area (Å²) in [5, 5.41) is -1.72. The largest absolute Gasteiger partial charge is 0.274 e. The van der Waals surface area contributed by atoms with E-state index >= 15 is 0 Å². The highest BCUT2D eigenvalue weighted by molar-refractivity contribution is 6.71. The minimum Gasteiger partial charge on any atom is -0.274 e. The van der Waals surface area contributed by atoms with Gasteiger partial charge in [0.1, 0.15) is 0 Å². The van der Waals surface area contributed by atoms with Crippen LogP contribution in [0.3, 0.4) is 0 Å². The van der Waals surface area contributed by atoms with Gasteiger partial charge in [-0.1, -0.05) is 12.1 Å². The average Bonchev–Trinajstić information content (AvgIpc) is 2.27. The first kappa shape index (κ1) is 11.0. The highest BCUT2D eigenvalue weighted by Crippen LogP contribution is 2.15. The number of aromatic nitrogens is 2. The van der Waals surface area contributed by atoms with Gasteiger partial charge in [0.25, 0.3) is 10.5 Å². The van der Waals surface area contributed by atoms with Crippen LogP contribution >= 0.6 is 23.2 Å². The molecule has 0 aliphatic rings. The van der Waals surface area contributed by atoms with E-state index in [0.29, 0.717) is 11.0 Å². The van der Waals surface area contributed by atoms with Crippen molar-refractivity contribution in [1.82, 2.24) is 9.97 Å². The molecule has 0 aliphatic carbocycles. The molecular formula is C10H4Cl2N2O2. The van der Waals surface area contributed by atoms with Crippen LogP contribution in [0.1, 0.15) is 21.0 Å². The van der Waals surface area contributed by atoms with E-state index in [2.05, 4.69) is 9.97 Å². The molecular weight excluding hydrogens is 251 g/mol. The molecule has 0 N–H and O–H groups in total. The van der Waals surface area contributed by atoms with Crippen molar-refractivity contribution in [1.29, 1.82) is 0 Å². The van der Waals surface area contributed by atoms with Crippen LogP contribution in [0.25, 0.3) is 11.0 Å². The summed E-state index contributed by atoms with van der Waals surface area (Å²) in [5.74, 6) is 0. The first-order chi connectivity index (χ1) is 7.59. The maximum atomic E-state index is 11.1. The van der Waals surface area contributed by atoms with Gasteiger partial charge in [-0.15, -0.1) is 0 Å². The Hall–Kier alpha value is -1.52. The molecule has 80 valence electrons. The van der Waals surface area contributed by atoms with Gasteiger partial charge in [0.15, 0.2) is 11.4 Å². The quantitative estimate of drug-likeness (QED) is 0.773. The summed E-state index contributed by atoms with van der Waals surface area (Å²) in [6.45, 7) is 0. The molecule has 0 spiro atoms. The summed E-state index contributed by atoms with van der Waals surface area (Å²) < 4.78 is 0. The molecule has 16 heavy (non-hydrogen) atoms. The number of rotatable bonds is 2. The zero-order chi connectivity index (χ0) is 11.7. The van der Waals surface area contributed by atoms with Gasteiger partial charge in [-0.25, -0.2) is 9.97 Å². The van der Waals surface area contributed by atoms with Gasteiger partial charge in [0.2, 0.25) is 0 Å². The Balaban J connectivity index is 2.81. The molecule has 0 amide bonds. The zero-order valence-electron chi connectivity index (χ0n) is 7.78. The van der Waals surface area contributed by atoms with Gasteiger partial charge < -0.3 is 0 Å². The topological polar surface area (TPSA) is 59.9 Å². The van der Waals surface area contributed by atoms with Crippen molar-refractivity contribution in [2.45, 2.75) is 0 Å². The number of nitrogens with zero attached hydrogens (tertiary/aromatic N) is 2. The highest BCUT2D eigenvalue weighted by atomic mass is 35.5. The predicted octanol–water partition coefficient (Wildman–Crippen LogP) is 2.39. The second-order valence-corrected chi connectivity index (χ2v) is 3.64. The van der Waals surface area contributed by atoms with Crippen molar-refractivity contribution in [3.05, 3.63) is 35.7 Å². The minimum absolute atomic E-state index is 0.222. The van der Waals surface area contributed by atoms with Crippen molar-refractivity contribution in [2.24, 2.45) is 0 Å². The molecule has 0 aliphatic heterocycles. The number of benzene rings is 1. The lowest BCUT2D eigenvalue weighted by molar-refractivity contribution is 0.104. The van der Waals surface area contributed by atoms with E-state index in [-0.39, 0.29) is 11.4 Å². The van der Waals surface area contributed by atoms with Crippen molar-refractivity contribution in [3.8, 4) is 0 Å². The van der Waals surface area contributed by atoms with Crippen molar-refractivity contribution in [3.63, 3.8) is 0 Å². The van der Waals surface area contributed by atoms with E-state index in [4.69, 9.17) is 23.2 Å². The summed E-state index contributed by atoms with van der Waals surface area (Å²) in [4.78, 5) is 30.0. The van der Waals surface area contributed by atoms with E-state index in [1.54, 1.807) is 24.3 Å². The maximum absolute atomic E-state index is 11.1. The molecule has 2 aromatic rings. The highest BCUT2D eigenvalue weighted by Gasteiger charge is 2.18. The van der Waals surface area contributed by atoms with Gasteiger partial charge in [-0.05, 0) is 35.3 Å². The SMILES string of the molecule is O=C(Cl)c1nc2ccccc2nc1C(=O)Cl. The smallest absolute Gasteiger partial charge is 0.273 e. The Morgan fingerprint density at radius 1 is 0.875 bits per heavy atom. The molecule has 6 heteroatoms. The van der Waals surface area contributed by atoms with Crippen molar-refractivity contribution >= 4 is 44.7 Å². The molecule has 0 unspecified atom stereocenters. The lowest BCUT2D eigenvalue weighted by atomic mass is 10.2. The third-order valence-electron chi connectivity index (χ3n) is 1.94. The molecule has 0 saturated carbocycles. The van der Waals surface area contributed by atoms with Gasteiger partial charge in [-0.3, -0.25) is 9.59 Å². The molecule has 2 rings (SSSR count). The fraction of sp³-hybridized carbons (Fsp3) is 0. The molecule has 1 heterocycles. The molecule has 0 fully saturated rings. The fourth-order valence-corrected chi connectivity index (χ4v) is 1.54. The number of fused-ring (bicyclic) bond motifs is 1. The Labute approximate surface area is 100 Å². The Morgan fingerprint density at radius 2 is 1.25 bits per heavy atom. The van der Waals surface area contributed by atoms with Crippen LogP contribution in [0.15, 0.2) is 24.3 Å². The molecule has 1 aromatic carbocycles. The third-order valence-corrected chi connectivity index (χ3v) is 2.30. The molecule has 0 radical (unpaired) electrons. The monoisotopic (exact) mass is 254 g/mol. The van der Waals surface area contributed by atoms with Gasteiger partial charge in [0.05, 0.1) is 11.0 Å². The second kappa shape index (κ2) is 4.15. The third kappa shape index (κ3) is 1.89. The van der Waals surface area contributed by atoms with Crippen LogP contribution in [-0.2, 0) is 0 Å². The predicted molar refractivity (Wildman–Crippen MR) is 59.9 cm³/mol. The van der Waals surface area contributed by atoms with Crippen LogP contribution in [0.5, 0.6) is 0 Å². The average molecular weight is 255 g/mol. The van der Waals surface area contributed by atoms with Crippen molar-refractivity contribution < 1.29 is 9.59 Å². The molecule has 0 saturated heterocycles. The number of halogens is 2. The van der Waals surface area contributed by atoms with Crippen LogP contribution in [0.4, 0.5) is 0 Å². The van der Waals surface area contributed by atoms with E-state index in [1.807, 2.05) is 0 Å². The van der Waals surface area contributed by atoms with Crippen LogP contribution in [0, 0.1) is 0 Å². The maximum Gasteiger partial charge on any atom is 0.273 e. The number of carbonyl (C=O) groups is 2. The Morgan fingerprint density at radius 3 is 1.56 bits per heavy atom. The lowest BCUT2D eigenvalue weighted by Crippen LogP contribution is -2.07. The van der Waals surface area contributed by atoms with E-state index in [0.717, 1.165) is 0 Å². The van der Waals surface area contributed by atoms with Crippen LogP contribution < -0.4 is 0 Å². The second-order valence-electron chi connectivity index (χ2n) is 2.96. The first-order valence-electron chi connectivity index (χ1n) is 4.26. The standard InChI is InChI=1S/C10H4Cl2N2O2/c11-9(15)7-8(10(12)16)14-6-4-2-1-3-5(6)13-7/h1-4H. The van der Waals surface area contributed by atoms with Gasteiger partial charge in [-0.2, -0.15) is 0 Å². The number of hydrogen-bond donors (Lipinski definition) is 0. The minimum atomic E-state index is -0.859. The summed E-state index contributed by atoms with van der Waals surface area (Å²) in [7, 11) is 0. The lowest BCUT2D eigenvalue weighted by Gasteiger charge is -2.02. The fourth-order valence-electron chi connectivity index (χ4n) is 1.27. The van der Waals surface area contributed by atoms with Crippen molar-refractivity contribution in [2.75, 3.05) is 0 Å². The first-order valence-corrected chi connectivity index (χ1v) is 5.01. The molecule has 4 nitrogen and oxygen atoms in total. The van der Waals surface area contributed by atoms with Crippen LogP contribution in [-0.4, -0.2) is 20.5 Å². The molecule has 1 aromatic heterocycles. The van der Waals surface area contributed by atoms with E-state index in [1.165, 1.54) is 0 Å². The summed E-state index contributed by atoms with van der Waals surface area (Å²) >= 11 is 10.6. The van der Waals surface area contributed by atoms with Gasteiger partial charge >= 0.3 is 0 Å². The zero-order valence-corrected chi connectivity index (χ0v) is 9.29. The summed E-state index contributed by atoms with van der Waals surface area (Å²) in [6.07, 6.45) is 0. The Kier molecular flexibility index (Phi) is 2.85. The molecule has 0 bridgehead atoms. The summed E-state index contributed by atoms with van der Waals surface area (Å²) in [6, 6.07) is 6.80. The van der Waals surface area contributed by atoms with E-state index in [9.17, 15) is 9.59 Å². The molecule has 0 atom stereocenters. The number of hydrogen-bond acceptors (Lipinski definition) is 4.